The van der Waals surface area contributed by atoms with Gasteiger partial charge in [-0.25, -0.2) is 0 Å². The second kappa shape index (κ2) is 9.72. The molecule has 0 saturated heterocycles. The van der Waals surface area contributed by atoms with Gasteiger partial charge in [0.05, 0.1) is 25.7 Å². The predicted molar refractivity (Wildman–Crippen MR) is 73.5 cm³/mol. The summed E-state index contributed by atoms with van der Waals surface area (Å²) in [4.78, 5) is 23.1. The molecule has 1 rings (SSSR count). The van der Waals surface area contributed by atoms with Crippen LogP contribution in [0.2, 0.25) is 0 Å². The number of ether oxygens (including phenoxy) is 2. The summed E-state index contributed by atoms with van der Waals surface area (Å²) in [6.45, 7) is 1.30. The summed E-state index contributed by atoms with van der Waals surface area (Å²) in [6.07, 6.45) is 4.57. The van der Waals surface area contributed by atoms with Crippen LogP contribution in [0.4, 0.5) is 0 Å². The molecule has 1 saturated carbocycles. The molecule has 0 aliphatic heterocycles. The summed E-state index contributed by atoms with van der Waals surface area (Å²) in [5.41, 5.74) is 0. The van der Waals surface area contributed by atoms with Crippen LogP contribution in [-0.4, -0.2) is 50.0 Å². The number of amides is 1. The number of hydrogen-bond donors (Lipinski definition) is 2. The Bertz CT molecular complexity index is 308. The summed E-state index contributed by atoms with van der Waals surface area (Å²) < 4.78 is 10.1. The normalized spacial score (nSPS) is 23.1. The Morgan fingerprint density at radius 1 is 1.15 bits per heavy atom. The zero-order chi connectivity index (χ0) is 14.8. The highest BCUT2D eigenvalue weighted by molar-refractivity contribution is 5.78. The van der Waals surface area contributed by atoms with Crippen molar-refractivity contribution >= 4 is 11.9 Å². The highest BCUT2D eigenvalue weighted by Gasteiger charge is 2.30. The average Bonchev–Trinajstić information content (AvgIpc) is 2.64. The van der Waals surface area contributed by atoms with Gasteiger partial charge < -0.3 is 19.9 Å². The van der Waals surface area contributed by atoms with E-state index in [1.807, 2.05) is 0 Å². The van der Waals surface area contributed by atoms with Gasteiger partial charge in [-0.1, -0.05) is 19.3 Å². The van der Waals surface area contributed by atoms with Crippen molar-refractivity contribution in [3.63, 3.8) is 0 Å². The number of carbonyl (C=O) groups is 2. The standard InChI is InChI=1S/C14H25NO5/c1-19-9-10-20-8-7-13(16)15-12-6-4-2-3-5-11(12)14(17)18/h11-12H,2-10H2,1H3,(H,15,16)(H,17,18)/t11-,12+/m1/s1. The fourth-order valence-electron chi connectivity index (χ4n) is 2.46. The maximum atomic E-state index is 11.8. The second-order valence-electron chi connectivity index (χ2n) is 5.11. The summed E-state index contributed by atoms with van der Waals surface area (Å²) in [5, 5.41) is 12.1. The first-order valence-electron chi connectivity index (χ1n) is 7.24. The molecule has 6 heteroatoms. The molecule has 20 heavy (non-hydrogen) atoms. The first-order valence-corrected chi connectivity index (χ1v) is 7.24. The van der Waals surface area contributed by atoms with Gasteiger partial charge in [0.15, 0.2) is 0 Å². The first-order chi connectivity index (χ1) is 9.65. The third kappa shape index (κ3) is 6.34. The van der Waals surface area contributed by atoms with E-state index in [9.17, 15) is 14.7 Å². The van der Waals surface area contributed by atoms with E-state index in [0.29, 0.717) is 26.2 Å². The Labute approximate surface area is 119 Å². The second-order valence-corrected chi connectivity index (χ2v) is 5.11. The number of methoxy groups -OCH3 is 1. The fraction of sp³-hybridized carbons (Fsp3) is 0.857. The van der Waals surface area contributed by atoms with E-state index in [-0.39, 0.29) is 18.4 Å². The maximum absolute atomic E-state index is 11.8. The molecule has 0 bridgehead atoms. The lowest BCUT2D eigenvalue weighted by Gasteiger charge is -2.22. The molecule has 2 N–H and O–H groups in total. The topological polar surface area (TPSA) is 84.9 Å². The van der Waals surface area contributed by atoms with Gasteiger partial charge in [0.1, 0.15) is 0 Å². The number of carbonyl (C=O) groups excluding carboxylic acids is 1. The van der Waals surface area contributed by atoms with Crippen LogP contribution >= 0.6 is 0 Å². The van der Waals surface area contributed by atoms with E-state index < -0.39 is 11.9 Å². The van der Waals surface area contributed by atoms with Gasteiger partial charge in [-0.15, -0.1) is 0 Å². The number of rotatable bonds is 8. The molecule has 1 aliphatic carbocycles. The van der Waals surface area contributed by atoms with Crippen molar-refractivity contribution in [2.24, 2.45) is 5.92 Å². The number of carboxylic acids is 1. The minimum atomic E-state index is -0.812. The minimum Gasteiger partial charge on any atom is -0.481 e. The van der Waals surface area contributed by atoms with Gasteiger partial charge in [0.25, 0.3) is 0 Å². The van der Waals surface area contributed by atoms with Gasteiger partial charge in [0, 0.05) is 19.6 Å². The molecule has 0 aromatic rings. The van der Waals surface area contributed by atoms with Crippen LogP contribution in [0.3, 0.4) is 0 Å². The molecule has 0 spiro atoms. The van der Waals surface area contributed by atoms with E-state index in [4.69, 9.17) is 9.47 Å². The van der Waals surface area contributed by atoms with Crippen molar-refractivity contribution in [1.29, 1.82) is 0 Å². The number of nitrogens with one attached hydrogen (secondary N) is 1. The van der Waals surface area contributed by atoms with Gasteiger partial charge in [0.2, 0.25) is 5.91 Å². The van der Waals surface area contributed by atoms with Crippen molar-refractivity contribution in [1.82, 2.24) is 5.32 Å². The van der Waals surface area contributed by atoms with E-state index in [1.54, 1.807) is 7.11 Å². The van der Waals surface area contributed by atoms with Gasteiger partial charge in [-0.3, -0.25) is 9.59 Å². The Morgan fingerprint density at radius 2 is 1.90 bits per heavy atom. The number of hydrogen-bond acceptors (Lipinski definition) is 4. The van der Waals surface area contributed by atoms with Crippen LogP contribution in [0.15, 0.2) is 0 Å². The monoisotopic (exact) mass is 287 g/mol. The Morgan fingerprint density at radius 3 is 2.60 bits per heavy atom. The molecule has 1 fully saturated rings. The average molecular weight is 287 g/mol. The molecule has 0 aromatic heterocycles. The molecule has 0 heterocycles. The van der Waals surface area contributed by atoms with E-state index in [1.165, 1.54) is 0 Å². The van der Waals surface area contributed by atoms with E-state index >= 15 is 0 Å². The van der Waals surface area contributed by atoms with Crippen LogP contribution in [0.25, 0.3) is 0 Å². The van der Waals surface area contributed by atoms with Crippen molar-refractivity contribution < 1.29 is 24.2 Å². The number of aliphatic carboxylic acids is 1. The molecule has 1 amide bonds. The van der Waals surface area contributed by atoms with Gasteiger partial charge in [-0.2, -0.15) is 0 Å². The molecule has 6 nitrogen and oxygen atoms in total. The molecule has 116 valence electrons. The number of carboxylic acid groups (broad SMARTS) is 1. The summed E-state index contributed by atoms with van der Waals surface area (Å²) >= 11 is 0. The first kappa shape index (κ1) is 16.9. The molecule has 2 atom stereocenters. The fourth-order valence-corrected chi connectivity index (χ4v) is 2.46. The quantitative estimate of drug-likeness (QED) is 0.517. The highest BCUT2D eigenvalue weighted by atomic mass is 16.5. The molecule has 0 unspecified atom stereocenters. The SMILES string of the molecule is COCCOCCC(=O)N[C@H]1CCCCC[C@H]1C(=O)O. The van der Waals surface area contributed by atoms with Crippen molar-refractivity contribution in [2.45, 2.75) is 44.6 Å². The summed E-state index contributed by atoms with van der Waals surface area (Å²) in [6, 6.07) is -0.249. The third-order valence-corrected chi connectivity index (χ3v) is 3.58. The summed E-state index contributed by atoms with van der Waals surface area (Å²) in [5.74, 6) is -1.41. The Balaban J connectivity index is 2.31. The van der Waals surface area contributed by atoms with Crippen molar-refractivity contribution in [2.75, 3.05) is 26.9 Å². The molecule has 0 radical (unpaired) electrons. The van der Waals surface area contributed by atoms with Crippen molar-refractivity contribution in [3.05, 3.63) is 0 Å². The van der Waals surface area contributed by atoms with Crippen LogP contribution in [0.5, 0.6) is 0 Å². The van der Waals surface area contributed by atoms with Gasteiger partial charge >= 0.3 is 5.97 Å². The zero-order valence-electron chi connectivity index (χ0n) is 12.1. The maximum Gasteiger partial charge on any atom is 0.308 e. The van der Waals surface area contributed by atoms with Crippen molar-refractivity contribution in [3.8, 4) is 0 Å². The Kier molecular flexibility index (Phi) is 8.22. The molecule has 1 aliphatic rings. The smallest absolute Gasteiger partial charge is 0.308 e. The third-order valence-electron chi connectivity index (χ3n) is 3.58. The minimum absolute atomic E-state index is 0.138. The van der Waals surface area contributed by atoms with E-state index in [2.05, 4.69) is 5.32 Å². The lowest BCUT2D eigenvalue weighted by atomic mass is 9.95. The summed E-state index contributed by atoms with van der Waals surface area (Å²) in [7, 11) is 1.59. The zero-order valence-corrected chi connectivity index (χ0v) is 12.1. The van der Waals surface area contributed by atoms with Crippen LogP contribution < -0.4 is 5.32 Å². The van der Waals surface area contributed by atoms with Crippen LogP contribution in [-0.2, 0) is 19.1 Å². The largest absolute Gasteiger partial charge is 0.481 e. The molecule has 0 aromatic carbocycles. The van der Waals surface area contributed by atoms with Gasteiger partial charge in [-0.05, 0) is 12.8 Å². The van der Waals surface area contributed by atoms with Crippen LogP contribution in [0.1, 0.15) is 38.5 Å². The van der Waals surface area contributed by atoms with E-state index in [0.717, 1.165) is 25.7 Å². The highest BCUT2D eigenvalue weighted by Crippen LogP contribution is 2.23. The molecular weight excluding hydrogens is 262 g/mol. The lowest BCUT2D eigenvalue weighted by Crippen LogP contribution is -2.43. The molecular formula is C14H25NO5. The Hall–Kier alpha value is -1.14. The predicted octanol–water partition coefficient (Wildman–Crippen LogP) is 1.19. The lowest BCUT2D eigenvalue weighted by molar-refractivity contribution is -0.143. The van der Waals surface area contributed by atoms with Crippen LogP contribution in [0, 0.1) is 5.92 Å².